The first kappa shape index (κ1) is 23.1. The Morgan fingerprint density at radius 2 is 1.84 bits per heavy atom. The van der Waals surface area contributed by atoms with Crippen LogP contribution in [0.15, 0.2) is 42.5 Å². The number of carbonyl (C=O) groups is 1. The van der Waals surface area contributed by atoms with E-state index < -0.39 is 21.3 Å². The Morgan fingerprint density at radius 3 is 2.48 bits per heavy atom. The Hall–Kier alpha value is -2.61. The van der Waals surface area contributed by atoms with Gasteiger partial charge in [-0.1, -0.05) is 26.0 Å². The summed E-state index contributed by atoms with van der Waals surface area (Å²) in [5, 5.41) is 0. The minimum atomic E-state index is -3.73. The van der Waals surface area contributed by atoms with E-state index in [1.807, 2.05) is 13.8 Å². The molecule has 31 heavy (non-hydrogen) atoms. The Labute approximate surface area is 183 Å². The SMILES string of the molecule is CC(C)CCN1C(=O)C(C)(C)COc2ccc(NS(=O)(=O)Cc3ccc(F)cc3)cc21. The second-order valence-electron chi connectivity index (χ2n) is 8.98. The van der Waals surface area contributed by atoms with Gasteiger partial charge in [0.05, 0.1) is 22.5 Å². The van der Waals surface area contributed by atoms with Crippen molar-refractivity contribution in [3.8, 4) is 5.75 Å². The summed E-state index contributed by atoms with van der Waals surface area (Å²) in [7, 11) is -3.73. The standard InChI is InChI=1S/C23H29FN2O4S/c1-16(2)11-12-26-20-13-19(9-10-21(20)30-15-23(3,4)22(26)27)25-31(28,29)14-17-5-7-18(24)8-6-17/h5-10,13,16,25H,11-12,14-15H2,1-4H3. The van der Waals surface area contributed by atoms with Gasteiger partial charge in [-0.25, -0.2) is 12.8 Å². The van der Waals surface area contributed by atoms with Crippen molar-refractivity contribution in [3.05, 3.63) is 53.8 Å². The van der Waals surface area contributed by atoms with E-state index in [2.05, 4.69) is 18.6 Å². The van der Waals surface area contributed by atoms with Gasteiger partial charge in [-0.05, 0) is 62.1 Å². The topological polar surface area (TPSA) is 75.7 Å². The number of hydrogen-bond acceptors (Lipinski definition) is 4. The molecule has 1 N–H and O–H groups in total. The number of rotatable bonds is 7. The molecular weight excluding hydrogens is 419 g/mol. The molecule has 1 aliphatic rings. The van der Waals surface area contributed by atoms with Crippen LogP contribution in [0.25, 0.3) is 0 Å². The highest BCUT2D eigenvalue weighted by molar-refractivity contribution is 7.91. The summed E-state index contributed by atoms with van der Waals surface area (Å²) in [4.78, 5) is 14.9. The van der Waals surface area contributed by atoms with Crippen molar-refractivity contribution in [3.63, 3.8) is 0 Å². The van der Waals surface area contributed by atoms with E-state index in [-0.39, 0.29) is 18.3 Å². The van der Waals surface area contributed by atoms with Crippen LogP contribution in [0.4, 0.5) is 15.8 Å². The molecule has 0 spiro atoms. The van der Waals surface area contributed by atoms with Crippen LogP contribution in [0.1, 0.15) is 39.7 Å². The lowest BCUT2D eigenvalue weighted by molar-refractivity contribution is -0.127. The zero-order valence-corrected chi connectivity index (χ0v) is 19.1. The summed E-state index contributed by atoms with van der Waals surface area (Å²) in [5.74, 6) is 0.182. The maximum atomic E-state index is 13.2. The number of amides is 1. The van der Waals surface area contributed by atoms with Crippen LogP contribution >= 0.6 is 0 Å². The summed E-state index contributed by atoms with van der Waals surface area (Å²) in [6.07, 6.45) is 0.807. The van der Waals surface area contributed by atoms with Gasteiger partial charge < -0.3 is 9.64 Å². The van der Waals surface area contributed by atoms with Crippen LogP contribution < -0.4 is 14.4 Å². The molecule has 0 aromatic heterocycles. The molecule has 0 unspecified atom stereocenters. The lowest BCUT2D eigenvalue weighted by Crippen LogP contribution is -2.42. The van der Waals surface area contributed by atoms with Crippen molar-refractivity contribution in [2.75, 3.05) is 22.8 Å². The Morgan fingerprint density at radius 1 is 1.16 bits per heavy atom. The molecule has 0 bridgehead atoms. The van der Waals surface area contributed by atoms with Crippen LogP contribution in [0.3, 0.4) is 0 Å². The molecule has 1 aliphatic heterocycles. The Bertz CT molecular complexity index is 1050. The monoisotopic (exact) mass is 448 g/mol. The summed E-state index contributed by atoms with van der Waals surface area (Å²) in [6.45, 7) is 8.62. The number of carbonyl (C=O) groups excluding carboxylic acids is 1. The third-order valence-corrected chi connectivity index (χ3v) is 6.40. The van der Waals surface area contributed by atoms with Gasteiger partial charge in [0, 0.05) is 6.54 Å². The molecule has 0 fully saturated rings. The molecule has 0 saturated heterocycles. The smallest absolute Gasteiger partial charge is 0.236 e. The van der Waals surface area contributed by atoms with Gasteiger partial charge in [0.15, 0.2) is 0 Å². The largest absolute Gasteiger partial charge is 0.490 e. The average molecular weight is 449 g/mol. The highest BCUT2D eigenvalue weighted by Crippen LogP contribution is 2.38. The highest BCUT2D eigenvalue weighted by Gasteiger charge is 2.37. The average Bonchev–Trinajstić information content (AvgIpc) is 2.76. The fraction of sp³-hybridized carbons (Fsp3) is 0.435. The predicted molar refractivity (Wildman–Crippen MR) is 120 cm³/mol. The van der Waals surface area contributed by atoms with E-state index in [0.717, 1.165) is 6.42 Å². The maximum Gasteiger partial charge on any atom is 0.236 e. The number of hydrogen-bond donors (Lipinski definition) is 1. The molecular formula is C23H29FN2O4S. The fourth-order valence-corrected chi connectivity index (χ4v) is 4.52. The molecule has 0 saturated carbocycles. The van der Waals surface area contributed by atoms with E-state index >= 15 is 0 Å². The highest BCUT2D eigenvalue weighted by atomic mass is 32.2. The zero-order valence-electron chi connectivity index (χ0n) is 18.3. The third kappa shape index (κ3) is 5.76. The van der Waals surface area contributed by atoms with E-state index in [1.165, 1.54) is 24.3 Å². The van der Waals surface area contributed by atoms with Crippen molar-refractivity contribution < 1.29 is 22.3 Å². The lowest BCUT2D eigenvalue weighted by atomic mass is 9.92. The van der Waals surface area contributed by atoms with E-state index in [1.54, 1.807) is 23.1 Å². The van der Waals surface area contributed by atoms with Gasteiger partial charge in [0.2, 0.25) is 15.9 Å². The molecule has 1 heterocycles. The second kappa shape index (κ2) is 8.86. The van der Waals surface area contributed by atoms with Crippen molar-refractivity contribution in [2.24, 2.45) is 11.3 Å². The first-order valence-electron chi connectivity index (χ1n) is 10.3. The maximum absolute atomic E-state index is 13.2. The summed E-state index contributed by atoms with van der Waals surface area (Å²) >= 11 is 0. The summed E-state index contributed by atoms with van der Waals surface area (Å²) in [5.41, 5.74) is 0.672. The zero-order chi connectivity index (χ0) is 22.8. The third-order valence-electron chi connectivity index (χ3n) is 5.14. The number of fused-ring (bicyclic) bond motifs is 1. The molecule has 8 heteroatoms. The first-order valence-corrected chi connectivity index (χ1v) is 12.0. The van der Waals surface area contributed by atoms with Gasteiger partial charge in [-0.3, -0.25) is 9.52 Å². The fourth-order valence-electron chi connectivity index (χ4n) is 3.33. The van der Waals surface area contributed by atoms with Gasteiger partial charge in [-0.2, -0.15) is 0 Å². The molecule has 2 aromatic carbocycles. The van der Waals surface area contributed by atoms with E-state index in [4.69, 9.17) is 4.74 Å². The molecule has 168 valence electrons. The number of anilines is 2. The van der Waals surface area contributed by atoms with Gasteiger partial charge in [-0.15, -0.1) is 0 Å². The van der Waals surface area contributed by atoms with Crippen molar-refractivity contribution in [2.45, 2.75) is 39.9 Å². The molecule has 0 aliphatic carbocycles. The molecule has 3 rings (SSSR count). The van der Waals surface area contributed by atoms with Crippen LogP contribution in [-0.4, -0.2) is 27.5 Å². The minimum absolute atomic E-state index is 0.0572. The van der Waals surface area contributed by atoms with Gasteiger partial charge in [0.1, 0.15) is 18.2 Å². The van der Waals surface area contributed by atoms with Crippen molar-refractivity contribution in [1.82, 2.24) is 0 Å². The summed E-state index contributed by atoms with van der Waals surface area (Å²) < 4.78 is 46.8. The number of nitrogens with one attached hydrogen (secondary N) is 1. The normalized spacial score (nSPS) is 15.9. The number of nitrogens with zero attached hydrogens (tertiary/aromatic N) is 1. The number of sulfonamides is 1. The van der Waals surface area contributed by atoms with Gasteiger partial charge in [0.25, 0.3) is 0 Å². The van der Waals surface area contributed by atoms with E-state index in [0.29, 0.717) is 35.2 Å². The van der Waals surface area contributed by atoms with Crippen molar-refractivity contribution >= 4 is 27.3 Å². The molecule has 2 aromatic rings. The Balaban J connectivity index is 1.88. The number of halogens is 1. The minimum Gasteiger partial charge on any atom is -0.490 e. The predicted octanol–water partition coefficient (Wildman–Crippen LogP) is 4.57. The van der Waals surface area contributed by atoms with Crippen LogP contribution in [-0.2, 0) is 20.6 Å². The molecule has 0 radical (unpaired) electrons. The Kier molecular flexibility index (Phi) is 6.59. The van der Waals surface area contributed by atoms with Crippen molar-refractivity contribution in [1.29, 1.82) is 0 Å². The quantitative estimate of drug-likeness (QED) is 0.674. The lowest BCUT2D eigenvalue weighted by Gasteiger charge is -2.28. The molecule has 6 nitrogen and oxygen atoms in total. The number of ether oxygens (including phenoxy) is 1. The first-order chi connectivity index (χ1) is 14.5. The van der Waals surface area contributed by atoms with Crippen LogP contribution in [0.2, 0.25) is 0 Å². The van der Waals surface area contributed by atoms with Crippen LogP contribution in [0, 0.1) is 17.2 Å². The second-order valence-corrected chi connectivity index (χ2v) is 10.7. The number of benzene rings is 2. The van der Waals surface area contributed by atoms with E-state index in [9.17, 15) is 17.6 Å². The molecule has 0 atom stereocenters. The molecule has 1 amide bonds. The summed E-state index contributed by atoms with van der Waals surface area (Å²) in [6, 6.07) is 10.3. The van der Waals surface area contributed by atoms with Gasteiger partial charge >= 0.3 is 0 Å². The van der Waals surface area contributed by atoms with Crippen LogP contribution in [0.5, 0.6) is 5.75 Å².